The number of carbonyl (C=O) groups excluding carboxylic acids is 1. The van der Waals surface area contributed by atoms with E-state index in [2.05, 4.69) is 11.9 Å². The Morgan fingerprint density at radius 3 is 2.74 bits per heavy atom. The lowest BCUT2D eigenvalue weighted by atomic mass is 10.3. The number of amides is 1. The minimum Gasteiger partial charge on any atom is -0.484 e. The van der Waals surface area contributed by atoms with Crippen LogP contribution in [0.4, 0.5) is 0 Å². The topological polar surface area (TPSA) is 62.1 Å². The summed E-state index contributed by atoms with van der Waals surface area (Å²) in [5, 5.41) is 0.615. The van der Waals surface area contributed by atoms with Gasteiger partial charge < -0.3 is 18.8 Å². The number of hydrogen-bond donors (Lipinski definition) is 0. The number of hydrogen-bond acceptors (Lipinski definition) is 5. The SMILES string of the molecule is CCCn1c(=NC(=O)COc2ccc(Cl)cc2)sc2cc3c(cc21)OCO3. The Balaban J connectivity index is 1.62. The molecular formula is C19H17ClN2O4S. The van der Waals surface area contributed by atoms with Gasteiger partial charge in [0.1, 0.15) is 5.75 Å². The van der Waals surface area contributed by atoms with Gasteiger partial charge in [0.25, 0.3) is 5.91 Å². The second-order valence-electron chi connectivity index (χ2n) is 5.96. The minimum atomic E-state index is -0.346. The van der Waals surface area contributed by atoms with Gasteiger partial charge in [-0.1, -0.05) is 29.9 Å². The molecular weight excluding hydrogens is 388 g/mol. The molecule has 2 heterocycles. The molecule has 6 nitrogen and oxygen atoms in total. The first kappa shape index (κ1) is 17.9. The third-order valence-electron chi connectivity index (χ3n) is 4.02. The van der Waals surface area contributed by atoms with E-state index in [1.54, 1.807) is 24.3 Å². The fourth-order valence-corrected chi connectivity index (χ4v) is 4.01. The predicted octanol–water partition coefficient (Wildman–Crippen LogP) is 4.00. The Labute approximate surface area is 164 Å². The van der Waals surface area contributed by atoms with Crippen LogP contribution in [0.3, 0.4) is 0 Å². The van der Waals surface area contributed by atoms with E-state index in [0.29, 0.717) is 21.3 Å². The van der Waals surface area contributed by atoms with Crippen LogP contribution in [0.15, 0.2) is 41.4 Å². The zero-order chi connectivity index (χ0) is 18.8. The number of halogens is 1. The second kappa shape index (κ2) is 7.62. The van der Waals surface area contributed by atoms with Crippen LogP contribution < -0.4 is 19.0 Å². The number of rotatable bonds is 5. The van der Waals surface area contributed by atoms with Crippen LogP contribution in [-0.2, 0) is 11.3 Å². The lowest BCUT2D eigenvalue weighted by molar-refractivity contribution is -0.120. The van der Waals surface area contributed by atoms with E-state index in [1.807, 2.05) is 16.7 Å². The summed E-state index contributed by atoms with van der Waals surface area (Å²) in [4.78, 5) is 17.2. The Morgan fingerprint density at radius 1 is 1.26 bits per heavy atom. The van der Waals surface area contributed by atoms with Crippen LogP contribution in [-0.4, -0.2) is 23.9 Å². The van der Waals surface area contributed by atoms with Crippen molar-refractivity contribution in [3.63, 3.8) is 0 Å². The number of benzene rings is 2. The zero-order valence-corrected chi connectivity index (χ0v) is 16.2. The third-order valence-corrected chi connectivity index (χ3v) is 5.31. The van der Waals surface area contributed by atoms with Gasteiger partial charge in [0, 0.05) is 23.7 Å². The molecule has 1 amide bonds. The number of thiazole rings is 1. The summed E-state index contributed by atoms with van der Waals surface area (Å²) in [6.07, 6.45) is 0.920. The standard InChI is InChI=1S/C19H17ClN2O4S/c1-2-7-22-14-8-15-16(26-11-25-15)9-17(14)27-19(22)21-18(23)10-24-13-5-3-12(20)4-6-13/h3-6,8-9H,2,7,10-11H2,1H3. The first-order valence-electron chi connectivity index (χ1n) is 8.53. The molecule has 140 valence electrons. The van der Waals surface area contributed by atoms with Gasteiger partial charge in [-0.05, 0) is 30.7 Å². The fourth-order valence-electron chi connectivity index (χ4n) is 2.80. The molecule has 0 N–H and O–H groups in total. The zero-order valence-electron chi connectivity index (χ0n) is 14.6. The lowest BCUT2D eigenvalue weighted by Crippen LogP contribution is -2.19. The third kappa shape index (κ3) is 3.79. The Bertz CT molecular complexity index is 1060. The molecule has 1 aromatic heterocycles. The summed E-state index contributed by atoms with van der Waals surface area (Å²) in [5.74, 6) is 1.67. The van der Waals surface area contributed by atoms with Gasteiger partial charge in [-0.3, -0.25) is 4.79 Å². The monoisotopic (exact) mass is 404 g/mol. The Kier molecular flexibility index (Phi) is 5.05. The maximum atomic E-state index is 12.3. The molecule has 1 aliphatic rings. The average molecular weight is 405 g/mol. The van der Waals surface area contributed by atoms with Crippen molar-refractivity contribution in [2.24, 2.45) is 4.99 Å². The van der Waals surface area contributed by atoms with Crippen LogP contribution in [0.25, 0.3) is 10.2 Å². The molecule has 8 heteroatoms. The van der Waals surface area contributed by atoms with Gasteiger partial charge in [-0.15, -0.1) is 0 Å². The summed E-state index contributed by atoms with van der Waals surface area (Å²) in [5.41, 5.74) is 0.983. The van der Waals surface area contributed by atoms with Crippen LogP contribution in [0.1, 0.15) is 13.3 Å². The molecule has 0 unspecified atom stereocenters. The molecule has 2 aromatic carbocycles. The average Bonchev–Trinajstić information content (AvgIpc) is 3.24. The number of ether oxygens (including phenoxy) is 3. The number of nitrogens with zero attached hydrogens (tertiary/aromatic N) is 2. The van der Waals surface area contributed by atoms with Crippen molar-refractivity contribution in [3.05, 3.63) is 46.2 Å². The van der Waals surface area contributed by atoms with Crippen molar-refractivity contribution in [1.29, 1.82) is 0 Å². The molecule has 27 heavy (non-hydrogen) atoms. The van der Waals surface area contributed by atoms with Gasteiger partial charge in [0.05, 0.1) is 10.2 Å². The molecule has 0 saturated heterocycles. The van der Waals surface area contributed by atoms with Crippen LogP contribution in [0.5, 0.6) is 17.2 Å². The number of carbonyl (C=O) groups is 1. The van der Waals surface area contributed by atoms with E-state index in [0.717, 1.165) is 28.9 Å². The molecule has 4 rings (SSSR count). The highest BCUT2D eigenvalue weighted by atomic mass is 35.5. The fraction of sp³-hybridized carbons (Fsp3) is 0.263. The highest BCUT2D eigenvalue weighted by Crippen LogP contribution is 2.37. The summed E-state index contributed by atoms with van der Waals surface area (Å²) < 4.78 is 19.4. The van der Waals surface area contributed by atoms with Crippen LogP contribution >= 0.6 is 22.9 Å². The maximum Gasteiger partial charge on any atom is 0.286 e. The van der Waals surface area contributed by atoms with Crippen molar-refractivity contribution in [2.75, 3.05) is 13.4 Å². The summed E-state index contributed by atoms with van der Waals surface area (Å²) in [7, 11) is 0. The normalized spacial score (nSPS) is 13.3. The molecule has 3 aromatic rings. The maximum absolute atomic E-state index is 12.3. The van der Waals surface area contributed by atoms with E-state index < -0.39 is 0 Å². The van der Waals surface area contributed by atoms with Crippen LogP contribution in [0, 0.1) is 0 Å². The predicted molar refractivity (Wildman–Crippen MR) is 104 cm³/mol. The van der Waals surface area contributed by atoms with Crippen molar-refractivity contribution in [3.8, 4) is 17.2 Å². The largest absolute Gasteiger partial charge is 0.484 e. The van der Waals surface area contributed by atoms with Crippen molar-refractivity contribution >= 4 is 39.1 Å². The van der Waals surface area contributed by atoms with Crippen LogP contribution in [0.2, 0.25) is 5.02 Å². The molecule has 0 spiro atoms. The lowest BCUT2D eigenvalue weighted by Gasteiger charge is -2.04. The van der Waals surface area contributed by atoms with Gasteiger partial charge >= 0.3 is 0 Å². The van der Waals surface area contributed by atoms with Gasteiger partial charge in [0.15, 0.2) is 22.9 Å². The van der Waals surface area contributed by atoms with Crippen molar-refractivity contribution < 1.29 is 19.0 Å². The molecule has 0 bridgehead atoms. The number of fused-ring (bicyclic) bond motifs is 2. The first-order chi connectivity index (χ1) is 13.1. The smallest absolute Gasteiger partial charge is 0.286 e. The molecule has 0 radical (unpaired) electrons. The molecule has 0 aliphatic carbocycles. The first-order valence-corrected chi connectivity index (χ1v) is 9.72. The second-order valence-corrected chi connectivity index (χ2v) is 7.40. The highest BCUT2D eigenvalue weighted by molar-refractivity contribution is 7.16. The van der Waals surface area contributed by atoms with Crippen molar-refractivity contribution in [2.45, 2.75) is 19.9 Å². The van der Waals surface area contributed by atoms with Gasteiger partial charge in [-0.2, -0.15) is 4.99 Å². The van der Waals surface area contributed by atoms with E-state index in [1.165, 1.54) is 11.3 Å². The quantitative estimate of drug-likeness (QED) is 0.644. The molecule has 1 aliphatic heterocycles. The van der Waals surface area contributed by atoms with Gasteiger partial charge in [-0.25, -0.2) is 0 Å². The summed E-state index contributed by atoms with van der Waals surface area (Å²) in [6, 6.07) is 10.7. The Morgan fingerprint density at radius 2 is 2.00 bits per heavy atom. The Hall–Kier alpha value is -2.51. The van der Waals surface area contributed by atoms with Gasteiger partial charge in [0.2, 0.25) is 6.79 Å². The van der Waals surface area contributed by atoms with E-state index in [9.17, 15) is 4.79 Å². The minimum absolute atomic E-state index is 0.134. The highest BCUT2D eigenvalue weighted by Gasteiger charge is 2.17. The van der Waals surface area contributed by atoms with E-state index in [-0.39, 0.29) is 19.3 Å². The molecule has 0 saturated carbocycles. The van der Waals surface area contributed by atoms with E-state index in [4.69, 9.17) is 25.8 Å². The number of aryl methyl sites for hydroxylation is 1. The van der Waals surface area contributed by atoms with Crippen molar-refractivity contribution in [1.82, 2.24) is 4.57 Å². The number of aromatic nitrogens is 1. The molecule has 0 atom stereocenters. The summed E-state index contributed by atoms with van der Waals surface area (Å²) in [6.45, 7) is 2.94. The summed E-state index contributed by atoms with van der Waals surface area (Å²) >= 11 is 7.29. The van der Waals surface area contributed by atoms with E-state index >= 15 is 0 Å². The molecule has 0 fully saturated rings.